The third kappa shape index (κ3) is 2.57. The molecule has 0 N–H and O–H groups in total. The maximum atomic E-state index is 12.4. The van der Waals surface area contributed by atoms with Crippen molar-refractivity contribution in [2.45, 2.75) is 26.7 Å². The third-order valence-electron chi connectivity index (χ3n) is 3.91. The van der Waals surface area contributed by atoms with Crippen LogP contribution in [0, 0.1) is 17.8 Å². The lowest BCUT2D eigenvalue weighted by atomic mass is 9.92. The standard InChI is InChI=1S/C14H21NO3/c1-3-15(9-13(16)18-4-2)14(17)12-8-10-5-6-11(12)7-10/h5-6,10-12H,3-4,7-9H2,1-2H3. The number of likely N-dealkylation sites (N-methyl/N-ethyl adjacent to an activating group) is 1. The molecule has 0 radical (unpaired) electrons. The molecule has 100 valence electrons. The number of hydrogen-bond donors (Lipinski definition) is 0. The highest BCUT2D eigenvalue weighted by atomic mass is 16.5. The van der Waals surface area contributed by atoms with Gasteiger partial charge in [-0.3, -0.25) is 9.59 Å². The van der Waals surface area contributed by atoms with E-state index in [0.717, 1.165) is 12.8 Å². The minimum atomic E-state index is -0.314. The molecule has 1 fully saturated rings. The van der Waals surface area contributed by atoms with E-state index in [9.17, 15) is 9.59 Å². The first-order chi connectivity index (χ1) is 8.65. The summed E-state index contributed by atoms with van der Waals surface area (Å²) in [5, 5.41) is 0. The van der Waals surface area contributed by atoms with Crippen LogP contribution in [-0.2, 0) is 14.3 Å². The first-order valence-corrected chi connectivity index (χ1v) is 6.78. The molecule has 1 amide bonds. The number of hydrogen-bond acceptors (Lipinski definition) is 3. The third-order valence-corrected chi connectivity index (χ3v) is 3.91. The summed E-state index contributed by atoms with van der Waals surface area (Å²) in [4.78, 5) is 25.5. The lowest BCUT2D eigenvalue weighted by Gasteiger charge is -2.26. The second-order valence-electron chi connectivity index (χ2n) is 5.04. The Bertz CT molecular complexity index is 364. The molecule has 0 saturated heterocycles. The van der Waals surface area contributed by atoms with Crippen molar-refractivity contribution < 1.29 is 14.3 Å². The van der Waals surface area contributed by atoms with Crippen molar-refractivity contribution in [3.63, 3.8) is 0 Å². The van der Waals surface area contributed by atoms with Crippen molar-refractivity contribution in [2.75, 3.05) is 19.7 Å². The Morgan fingerprint density at radius 3 is 2.56 bits per heavy atom. The molecular weight excluding hydrogens is 230 g/mol. The Morgan fingerprint density at radius 2 is 2.06 bits per heavy atom. The highest BCUT2D eigenvalue weighted by molar-refractivity contribution is 5.84. The molecule has 4 nitrogen and oxygen atoms in total. The lowest BCUT2D eigenvalue weighted by Crippen LogP contribution is -2.41. The average molecular weight is 251 g/mol. The van der Waals surface area contributed by atoms with E-state index in [1.807, 2.05) is 6.92 Å². The minimum Gasteiger partial charge on any atom is -0.465 e. The lowest BCUT2D eigenvalue weighted by molar-refractivity contribution is -0.150. The van der Waals surface area contributed by atoms with Crippen LogP contribution in [0.15, 0.2) is 12.2 Å². The van der Waals surface area contributed by atoms with Crippen molar-refractivity contribution in [2.24, 2.45) is 17.8 Å². The summed E-state index contributed by atoms with van der Waals surface area (Å²) in [5.41, 5.74) is 0. The van der Waals surface area contributed by atoms with Gasteiger partial charge in [0.25, 0.3) is 0 Å². The zero-order valence-electron chi connectivity index (χ0n) is 11.1. The molecule has 3 unspecified atom stereocenters. The van der Waals surface area contributed by atoms with Gasteiger partial charge in [-0.05, 0) is 38.5 Å². The van der Waals surface area contributed by atoms with Crippen molar-refractivity contribution in [1.82, 2.24) is 4.90 Å². The molecule has 4 heteroatoms. The summed E-state index contributed by atoms with van der Waals surface area (Å²) in [5.74, 6) is 0.840. The van der Waals surface area contributed by atoms with Gasteiger partial charge in [0.2, 0.25) is 5.91 Å². The number of carbonyl (C=O) groups is 2. The number of nitrogens with zero attached hydrogens (tertiary/aromatic N) is 1. The Morgan fingerprint density at radius 1 is 1.28 bits per heavy atom. The summed E-state index contributed by atoms with van der Waals surface area (Å²) in [6, 6.07) is 0. The summed E-state index contributed by atoms with van der Waals surface area (Å²) >= 11 is 0. The quantitative estimate of drug-likeness (QED) is 0.551. The smallest absolute Gasteiger partial charge is 0.325 e. The maximum Gasteiger partial charge on any atom is 0.325 e. The summed E-state index contributed by atoms with van der Waals surface area (Å²) in [6.07, 6.45) is 6.43. The van der Waals surface area contributed by atoms with Crippen molar-refractivity contribution >= 4 is 11.9 Å². The number of carbonyl (C=O) groups excluding carboxylic acids is 2. The van der Waals surface area contributed by atoms with Crippen LogP contribution < -0.4 is 0 Å². The van der Waals surface area contributed by atoms with Gasteiger partial charge in [-0.25, -0.2) is 0 Å². The van der Waals surface area contributed by atoms with E-state index >= 15 is 0 Å². The van der Waals surface area contributed by atoms with E-state index in [2.05, 4.69) is 12.2 Å². The Hall–Kier alpha value is -1.32. The SMILES string of the molecule is CCOC(=O)CN(CC)C(=O)C1CC2C=CC1C2. The first kappa shape index (κ1) is 13.1. The molecule has 0 aromatic rings. The number of esters is 1. The normalized spacial score (nSPS) is 28.4. The maximum absolute atomic E-state index is 12.4. The molecule has 3 atom stereocenters. The van der Waals surface area contributed by atoms with Gasteiger partial charge in [-0.2, -0.15) is 0 Å². The molecule has 0 spiro atoms. The van der Waals surface area contributed by atoms with E-state index in [4.69, 9.17) is 4.74 Å². The van der Waals surface area contributed by atoms with Gasteiger partial charge in [-0.15, -0.1) is 0 Å². The molecule has 0 aliphatic heterocycles. The number of rotatable bonds is 5. The van der Waals surface area contributed by atoms with Gasteiger partial charge in [0.15, 0.2) is 0 Å². The van der Waals surface area contributed by atoms with E-state index in [0.29, 0.717) is 25.0 Å². The zero-order valence-corrected chi connectivity index (χ0v) is 11.1. The summed E-state index contributed by atoms with van der Waals surface area (Å²) < 4.78 is 4.90. The number of amides is 1. The molecule has 2 aliphatic rings. The second kappa shape index (κ2) is 5.55. The van der Waals surface area contributed by atoms with Gasteiger partial charge >= 0.3 is 5.97 Å². The second-order valence-corrected chi connectivity index (χ2v) is 5.04. The molecule has 0 heterocycles. The van der Waals surface area contributed by atoms with Gasteiger partial charge in [-0.1, -0.05) is 12.2 Å². The Balaban J connectivity index is 1.93. The van der Waals surface area contributed by atoms with Crippen LogP contribution in [-0.4, -0.2) is 36.5 Å². The van der Waals surface area contributed by atoms with Crippen LogP contribution in [0.2, 0.25) is 0 Å². The molecular formula is C14H21NO3. The average Bonchev–Trinajstić information content (AvgIpc) is 2.97. The largest absolute Gasteiger partial charge is 0.465 e. The fourth-order valence-corrected chi connectivity index (χ4v) is 3.01. The van der Waals surface area contributed by atoms with Crippen LogP contribution in [0.25, 0.3) is 0 Å². The van der Waals surface area contributed by atoms with E-state index in [1.54, 1.807) is 11.8 Å². The Kier molecular flexibility index (Phi) is 4.04. The molecule has 2 rings (SSSR count). The number of allylic oxidation sites excluding steroid dienone is 2. The highest BCUT2D eigenvalue weighted by Crippen LogP contribution is 2.44. The monoisotopic (exact) mass is 251 g/mol. The molecule has 2 aliphatic carbocycles. The van der Waals surface area contributed by atoms with Crippen LogP contribution >= 0.6 is 0 Å². The first-order valence-electron chi connectivity index (χ1n) is 6.78. The predicted octanol–water partition coefficient (Wildman–Crippen LogP) is 1.61. The van der Waals surface area contributed by atoms with E-state index < -0.39 is 0 Å². The molecule has 0 aromatic carbocycles. The molecule has 1 saturated carbocycles. The van der Waals surface area contributed by atoms with Crippen LogP contribution in [0.1, 0.15) is 26.7 Å². The van der Waals surface area contributed by atoms with E-state index in [-0.39, 0.29) is 24.3 Å². The van der Waals surface area contributed by atoms with E-state index in [1.165, 1.54) is 0 Å². The summed E-state index contributed by atoms with van der Waals surface area (Å²) in [6.45, 7) is 4.69. The highest BCUT2D eigenvalue weighted by Gasteiger charge is 2.41. The predicted molar refractivity (Wildman–Crippen MR) is 67.7 cm³/mol. The van der Waals surface area contributed by atoms with Crippen molar-refractivity contribution in [3.05, 3.63) is 12.2 Å². The van der Waals surface area contributed by atoms with Crippen LogP contribution in [0.5, 0.6) is 0 Å². The van der Waals surface area contributed by atoms with Gasteiger partial charge in [0.1, 0.15) is 6.54 Å². The van der Waals surface area contributed by atoms with Crippen molar-refractivity contribution in [3.8, 4) is 0 Å². The van der Waals surface area contributed by atoms with Crippen LogP contribution in [0.4, 0.5) is 0 Å². The molecule has 18 heavy (non-hydrogen) atoms. The van der Waals surface area contributed by atoms with Gasteiger partial charge in [0.05, 0.1) is 6.61 Å². The molecule has 0 aromatic heterocycles. The number of fused-ring (bicyclic) bond motifs is 2. The fraction of sp³-hybridized carbons (Fsp3) is 0.714. The van der Waals surface area contributed by atoms with Gasteiger partial charge in [0, 0.05) is 12.5 Å². The zero-order chi connectivity index (χ0) is 13.1. The van der Waals surface area contributed by atoms with Gasteiger partial charge < -0.3 is 9.64 Å². The molecule has 2 bridgehead atoms. The van der Waals surface area contributed by atoms with Crippen LogP contribution in [0.3, 0.4) is 0 Å². The minimum absolute atomic E-state index is 0.0781. The summed E-state index contributed by atoms with van der Waals surface area (Å²) in [7, 11) is 0. The Labute approximate surface area is 108 Å². The number of ether oxygens (including phenoxy) is 1. The topological polar surface area (TPSA) is 46.6 Å². The fourth-order valence-electron chi connectivity index (χ4n) is 3.01. The van der Waals surface area contributed by atoms with Crippen molar-refractivity contribution in [1.29, 1.82) is 0 Å².